The van der Waals surface area contributed by atoms with Crippen LogP contribution in [0.4, 0.5) is 5.69 Å². The summed E-state index contributed by atoms with van der Waals surface area (Å²) in [6.07, 6.45) is 4.01. The molecule has 1 N–H and O–H groups in total. The van der Waals surface area contributed by atoms with Gasteiger partial charge in [-0.25, -0.2) is 8.42 Å². The van der Waals surface area contributed by atoms with Crippen LogP contribution in [0.25, 0.3) is 0 Å². The fourth-order valence-corrected chi connectivity index (χ4v) is 7.66. The zero-order chi connectivity index (χ0) is 28.6. The molecule has 4 heterocycles. The number of hydrogen-bond donors (Lipinski definition) is 1. The van der Waals surface area contributed by atoms with Gasteiger partial charge in [-0.2, -0.15) is 9.04 Å². The molecule has 0 spiro atoms. The lowest BCUT2D eigenvalue weighted by Crippen LogP contribution is -2.53. The van der Waals surface area contributed by atoms with Gasteiger partial charge in [0.05, 0.1) is 12.6 Å². The van der Waals surface area contributed by atoms with E-state index in [2.05, 4.69) is 10.2 Å². The minimum Gasteiger partial charge on any atom is -0.618 e. The molecule has 3 aliphatic rings. The number of anilines is 1. The van der Waals surface area contributed by atoms with Crippen molar-refractivity contribution in [1.82, 2.24) is 14.5 Å². The van der Waals surface area contributed by atoms with E-state index < -0.39 is 51.4 Å². The highest BCUT2D eigenvalue weighted by Gasteiger charge is 2.55. The Morgan fingerprint density at radius 3 is 2.42 bits per heavy atom. The largest absolute Gasteiger partial charge is 0.618 e. The molecular weight excluding hydrogens is 534 g/mol. The summed E-state index contributed by atoms with van der Waals surface area (Å²) in [5.41, 5.74) is 1.50. The average molecular weight is 570 g/mol. The second-order valence-electron chi connectivity index (χ2n) is 11.1. The number of likely N-dealkylation sites (tertiary alicyclic amines) is 1. The number of aromatic nitrogens is 1. The van der Waals surface area contributed by atoms with Gasteiger partial charge in [-0.05, 0) is 61.9 Å². The van der Waals surface area contributed by atoms with Crippen LogP contribution in [-0.2, 0) is 19.6 Å². The van der Waals surface area contributed by atoms with Crippen LogP contribution >= 0.6 is 0 Å². The number of sulfonamides is 1. The molecule has 1 aromatic carbocycles. The number of Topliss-reactive ketones (excluding diaryl/α,β-unsaturated/α-hetero) is 1. The van der Waals surface area contributed by atoms with Crippen LogP contribution in [0.1, 0.15) is 49.9 Å². The lowest BCUT2D eigenvalue weighted by Gasteiger charge is -2.29. The SMILES string of the molecule is CC(C)CC(NC(=O)c1ccc(N2CCCC2)cc1)C(=O)N1CCC2C1C(=O)CN2S(=O)(=O)c1cccc[n+]1[O-]. The Balaban J connectivity index is 1.32. The number of hydrogen-bond acceptors (Lipinski definition) is 7. The Morgan fingerprint density at radius 1 is 1.07 bits per heavy atom. The maximum absolute atomic E-state index is 13.8. The number of nitrogens with zero attached hydrogens (tertiary/aromatic N) is 4. The van der Waals surface area contributed by atoms with Gasteiger partial charge in [0.2, 0.25) is 5.91 Å². The first-order chi connectivity index (χ1) is 19.1. The quantitative estimate of drug-likeness (QED) is 0.374. The van der Waals surface area contributed by atoms with Crippen molar-refractivity contribution in [3.05, 3.63) is 59.4 Å². The van der Waals surface area contributed by atoms with Crippen molar-refractivity contribution in [2.75, 3.05) is 31.1 Å². The van der Waals surface area contributed by atoms with E-state index in [0.29, 0.717) is 12.0 Å². The van der Waals surface area contributed by atoms with E-state index >= 15 is 0 Å². The van der Waals surface area contributed by atoms with Crippen molar-refractivity contribution in [2.45, 2.75) is 62.7 Å². The first kappa shape index (κ1) is 28.0. The van der Waals surface area contributed by atoms with E-state index in [1.165, 1.54) is 23.1 Å². The molecule has 2 aromatic rings. The number of nitrogens with one attached hydrogen (secondary N) is 1. The summed E-state index contributed by atoms with van der Waals surface area (Å²) in [7, 11) is -4.26. The molecule has 3 atom stereocenters. The third-order valence-corrected chi connectivity index (χ3v) is 9.80. The van der Waals surface area contributed by atoms with E-state index in [9.17, 15) is 28.0 Å². The molecule has 40 heavy (non-hydrogen) atoms. The molecule has 11 nitrogen and oxygen atoms in total. The van der Waals surface area contributed by atoms with Crippen molar-refractivity contribution in [3.8, 4) is 0 Å². The lowest BCUT2D eigenvalue weighted by atomic mass is 10.0. The zero-order valence-corrected chi connectivity index (χ0v) is 23.5. The highest BCUT2D eigenvalue weighted by atomic mass is 32.2. The van der Waals surface area contributed by atoms with Gasteiger partial charge >= 0.3 is 15.0 Å². The van der Waals surface area contributed by atoms with Crippen molar-refractivity contribution < 1.29 is 27.5 Å². The maximum atomic E-state index is 13.8. The van der Waals surface area contributed by atoms with Gasteiger partial charge in [-0.1, -0.05) is 13.8 Å². The number of fused-ring (bicyclic) bond motifs is 1. The zero-order valence-electron chi connectivity index (χ0n) is 22.7. The molecule has 0 radical (unpaired) electrons. The van der Waals surface area contributed by atoms with Crippen LogP contribution in [0.2, 0.25) is 0 Å². The Hall–Kier alpha value is -3.51. The Morgan fingerprint density at radius 2 is 1.77 bits per heavy atom. The predicted octanol–water partition coefficient (Wildman–Crippen LogP) is 1.31. The van der Waals surface area contributed by atoms with Gasteiger partial charge < -0.3 is 20.3 Å². The fourth-order valence-electron chi connectivity index (χ4n) is 6.01. The molecule has 3 fully saturated rings. The monoisotopic (exact) mass is 569 g/mol. The molecule has 12 heteroatoms. The van der Waals surface area contributed by atoms with Crippen LogP contribution in [0, 0.1) is 11.1 Å². The molecule has 5 rings (SSSR count). The van der Waals surface area contributed by atoms with Gasteiger partial charge in [-0.15, -0.1) is 0 Å². The van der Waals surface area contributed by atoms with Crippen molar-refractivity contribution in [1.29, 1.82) is 0 Å². The Labute approximate surface area is 234 Å². The molecule has 2 amide bonds. The van der Waals surface area contributed by atoms with Gasteiger partial charge in [0, 0.05) is 43.0 Å². The molecule has 214 valence electrons. The first-order valence-electron chi connectivity index (χ1n) is 13.8. The standard InChI is InChI=1S/C28H35N5O6S/c1-19(2)17-22(29-27(35)20-8-10-21(11-9-20)30-13-5-6-14-30)28(36)31-16-12-23-26(31)24(34)18-33(23)40(38,39)25-7-3-4-15-32(25)37/h3-4,7-11,15,19,22-23,26H,5-6,12-14,16-18H2,1-2H3,(H,29,35). The molecule has 3 unspecified atom stereocenters. The molecule has 0 bridgehead atoms. The van der Waals surface area contributed by atoms with Crippen LogP contribution in [0.3, 0.4) is 0 Å². The number of benzene rings is 1. The van der Waals surface area contributed by atoms with Crippen LogP contribution in [0.5, 0.6) is 0 Å². The Kier molecular flexibility index (Phi) is 7.83. The van der Waals surface area contributed by atoms with E-state index in [1.807, 2.05) is 26.0 Å². The number of carbonyl (C=O) groups is 3. The van der Waals surface area contributed by atoms with Crippen LogP contribution < -0.4 is 14.9 Å². The minimum atomic E-state index is -4.26. The maximum Gasteiger partial charge on any atom is 0.323 e. The first-order valence-corrected chi connectivity index (χ1v) is 15.2. The molecule has 1 aromatic heterocycles. The van der Waals surface area contributed by atoms with Crippen LogP contribution in [-0.4, -0.2) is 79.5 Å². The molecule has 0 aliphatic carbocycles. The van der Waals surface area contributed by atoms with Gasteiger partial charge in [0.25, 0.3) is 5.91 Å². The summed E-state index contributed by atoms with van der Waals surface area (Å²) in [5.74, 6) is -1.12. The fraction of sp³-hybridized carbons (Fsp3) is 0.500. The van der Waals surface area contributed by atoms with E-state index in [-0.39, 0.29) is 29.5 Å². The summed E-state index contributed by atoms with van der Waals surface area (Å²) in [6.45, 7) is 5.63. The highest BCUT2D eigenvalue weighted by Crippen LogP contribution is 2.34. The predicted molar refractivity (Wildman–Crippen MR) is 147 cm³/mol. The summed E-state index contributed by atoms with van der Waals surface area (Å²) in [4.78, 5) is 43.7. The third kappa shape index (κ3) is 5.29. The van der Waals surface area contributed by atoms with E-state index in [4.69, 9.17) is 0 Å². The molecule has 0 saturated carbocycles. The van der Waals surface area contributed by atoms with Gasteiger partial charge in [-0.3, -0.25) is 14.4 Å². The smallest absolute Gasteiger partial charge is 0.323 e. The topological polar surface area (TPSA) is 134 Å². The Bertz CT molecular complexity index is 1390. The minimum absolute atomic E-state index is 0.0759. The summed E-state index contributed by atoms with van der Waals surface area (Å²) < 4.78 is 27.9. The number of carbonyl (C=O) groups excluding carboxylic acids is 3. The third-order valence-electron chi connectivity index (χ3n) is 7.93. The normalized spacial score (nSPS) is 22.1. The summed E-state index contributed by atoms with van der Waals surface area (Å²) in [5, 5.41) is 14.6. The molecule has 3 saturated heterocycles. The van der Waals surface area contributed by atoms with Gasteiger partial charge in [0.15, 0.2) is 12.0 Å². The number of rotatable bonds is 8. The summed E-state index contributed by atoms with van der Waals surface area (Å²) >= 11 is 0. The van der Waals surface area contributed by atoms with E-state index in [1.54, 1.807) is 12.1 Å². The van der Waals surface area contributed by atoms with Crippen molar-refractivity contribution >= 4 is 33.3 Å². The van der Waals surface area contributed by atoms with Gasteiger partial charge in [0.1, 0.15) is 12.1 Å². The molecule has 3 aliphatic heterocycles. The second kappa shape index (κ2) is 11.2. The van der Waals surface area contributed by atoms with E-state index in [0.717, 1.165) is 42.1 Å². The molecular formula is C28H35N5O6S. The number of amides is 2. The van der Waals surface area contributed by atoms with Crippen LogP contribution in [0.15, 0.2) is 53.7 Å². The second-order valence-corrected chi connectivity index (χ2v) is 12.9. The lowest BCUT2D eigenvalue weighted by molar-refractivity contribution is -0.646. The van der Waals surface area contributed by atoms with Crippen molar-refractivity contribution in [2.24, 2.45) is 5.92 Å². The summed E-state index contributed by atoms with van der Waals surface area (Å²) in [6, 6.07) is 8.79. The average Bonchev–Trinajstić information content (AvgIpc) is 3.67. The van der Waals surface area contributed by atoms with Crippen molar-refractivity contribution in [3.63, 3.8) is 0 Å². The highest BCUT2D eigenvalue weighted by molar-refractivity contribution is 7.89. The number of ketones is 1. The number of pyridine rings is 1.